The fraction of sp³-hybridized carbons (Fsp3) is 0.409. The zero-order valence-electron chi connectivity index (χ0n) is 16.2. The average Bonchev–Trinajstić information content (AvgIpc) is 3.13. The average molecular weight is 423 g/mol. The van der Waals surface area contributed by atoms with Crippen molar-refractivity contribution in [1.29, 1.82) is 0 Å². The van der Waals surface area contributed by atoms with Crippen molar-refractivity contribution < 1.29 is 28.2 Å². The van der Waals surface area contributed by atoms with Gasteiger partial charge in [0.2, 0.25) is 0 Å². The summed E-state index contributed by atoms with van der Waals surface area (Å²) in [6.07, 6.45) is 1.38. The Labute approximate surface area is 172 Å². The van der Waals surface area contributed by atoms with Crippen molar-refractivity contribution in [2.24, 2.45) is 0 Å². The lowest BCUT2D eigenvalue weighted by molar-refractivity contribution is -0.137. The van der Waals surface area contributed by atoms with Gasteiger partial charge in [0.05, 0.1) is 6.42 Å². The molecule has 1 aliphatic carbocycles. The largest absolute Gasteiger partial charge is 0.487 e. The highest BCUT2D eigenvalue weighted by molar-refractivity contribution is 6.30. The molecule has 2 aliphatic rings. The quantitative estimate of drug-likeness (QED) is 0.699. The number of carboxylic acids is 1. The zero-order chi connectivity index (χ0) is 20.9. The van der Waals surface area contributed by atoms with Gasteiger partial charge in [-0.2, -0.15) is 0 Å². The lowest BCUT2D eigenvalue weighted by Crippen LogP contribution is -2.25. The minimum absolute atomic E-state index is 0.0931. The fourth-order valence-corrected chi connectivity index (χ4v) is 4.57. The number of ether oxygens (including phenoxy) is 2. The molecule has 4 nitrogen and oxygen atoms in total. The van der Waals surface area contributed by atoms with E-state index in [0.717, 1.165) is 5.56 Å². The standard InChI is InChI=1S/C22H21ClF2O4/c1-22(2)9-12-5-14(23)6-13(20(12)29-22)10-28-21-17(24)8-16-11(7-18(26)27)3-4-15(16)19(21)25/h5-6,8,11H,3-4,7,9-10H2,1-2H3,(H,26,27). The van der Waals surface area contributed by atoms with Gasteiger partial charge < -0.3 is 14.6 Å². The van der Waals surface area contributed by atoms with Crippen LogP contribution >= 0.6 is 11.6 Å². The number of rotatable bonds is 5. The molecule has 0 aromatic heterocycles. The molecule has 2 aromatic carbocycles. The van der Waals surface area contributed by atoms with E-state index in [2.05, 4.69) is 0 Å². The van der Waals surface area contributed by atoms with Gasteiger partial charge in [-0.3, -0.25) is 4.79 Å². The van der Waals surface area contributed by atoms with E-state index in [9.17, 15) is 13.6 Å². The Bertz CT molecular complexity index is 1000. The molecular weight excluding hydrogens is 402 g/mol. The monoisotopic (exact) mass is 422 g/mol. The summed E-state index contributed by atoms with van der Waals surface area (Å²) in [5, 5.41) is 9.51. The fourth-order valence-electron chi connectivity index (χ4n) is 4.31. The minimum Gasteiger partial charge on any atom is -0.487 e. The highest BCUT2D eigenvalue weighted by Gasteiger charge is 2.33. The molecule has 0 amide bonds. The van der Waals surface area contributed by atoms with Crippen molar-refractivity contribution >= 4 is 17.6 Å². The first-order valence-electron chi connectivity index (χ1n) is 9.50. The molecule has 0 bridgehead atoms. The molecule has 0 saturated carbocycles. The Hall–Kier alpha value is -2.34. The van der Waals surface area contributed by atoms with Crippen LogP contribution in [0.15, 0.2) is 18.2 Å². The van der Waals surface area contributed by atoms with Crippen LogP contribution in [-0.4, -0.2) is 16.7 Å². The summed E-state index contributed by atoms with van der Waals surface area (Å²) in [6, 6.07) is 4.71. The van der Waals surface area contributed by atoms with E-state index < -0.39 is 23.4 Å². The molecule has 0 spiro atoms. The van der Waals surface area contributed by atoms with Gasteiger partial charge in [0.1, 0.15) is 18.0 Å². The molecule has 1 heterocycles. The van der Waals surface area contributed by atoms with Crippen molar-refractivity contribution in [2.45, 2.75) is 57.7 Å². The van der Waals surface area contributed by atoms with Crippen LogP contribution in [-0.2, 0) is 24.2 Å². The van der Waals surface area contributed by atoms with E-state index in [4.69, 9.17) is 26.2 Å². The smallest absolute Gasteiger partial charge is 0.303 e. The molecule has 7 heteroatoms. The van der Waals surface area contributed by atoms with Crippen LogP contribution in [0.3, 0.4) is 0 Å². The Morgan fingerprint density at radius 1 is 1.34 bits per heavy atom. The molecule has 1 aliphatic heterocycles. The van der Waals surface area contributed by atoms with E-state index in [1.54, 1.807) is 6.07 Å². The highest BCUT2D eigenvalue weighted by Crippen LogP contribution is 2.43. The Kier molecular flexibility index (Phi) is 4.93. The van der Waals surface area contributed by atoms with Crippen LogP contribution in [0.4, 0.5) is 8.78 Å². The molecule has 154 valence electrons. The van der Waals surface area contributed by atoms with Crippen molar-refractivity contribution in [3.05, 3.63) is 57.1 Å². The van der Waals surface area contributed by atoms with Crippen molar-refractivity contribution in [2.75, 3.05) is 0 Å². The predicted octanol–water partition coefficient (Wildman–Crippen LogP) is 5.42. The van der Waals surface area contributed by atoms with E-state index in [1.165, 1.54) is 6.07 Å². The third kappa shape index (κ3) is 3.78. The highest BCUT2D eigenvalue weighted by atomic mass is 35.5. The van der Waals surface area contributed by atoms with Gasteiger partial charge in [-0.15, -0.1) is 0 Å². The van der Waals surface area contributed by atoms with E-state index >= 15 is 0 Å². The third-order valence-electron chi connectivity index (χ3n) is 5.49. The number of carboxylic acid groups (broad SMARTS) is 1. The number of benzene rings is 2. The topological polar surface area (TPSA) is 55.8 Å². The molecule has 29 heavy (non-hydrogen) atoms. The number of carbonyl (C=O) groups is 1. The number of hydrogen-bond donors (Lipinski definition) is 1. The molecular formula is C22H21ClF2O4. The van der Waals surface area contributed by atoms with Crippen LogP contribution in [0.5, 0.6) is 11.5 Å². The second-order valence-electron chi connectivity index (χ2n) is 8.28. The van der Waals surface area contributed by atoms with E-state index in [-0.39, 0.29) is 24.5 Å². The number of halogens is 3. The number of hydrogen-bond acceptors (Lipinski definition) is 3. The van der Waals surface area contributed by atoms with Crippen molar-refractivity contribution in [3.63, 3.8) is 0 Å². The second kappa shape index (κ2) is 7.17. The Balaban J connectivity index is 1.61. The van der Waals surface area contributed by atoms with Crippen molar-refractivity contribution in [3.8, 4) is 11.5 Å². The summed E-state index contributed by atoms with van der Waals surface area (Å²) >= 11 is 6.19. The molecule has 4 rings (SSSR count). The van der Waals surface area contributed by atoms with Gasteiger partial charge in [0.25, 0.3) is 0 Å². The summed E-state index contributed by atoms with van der Waals surface area (Å²) in [7, 11) is 0. The van der Waals surface area contributed by atoms with Gasteiger partial charge in [-0.1, -0.05) is 11.6 Å². The summed E-state index contributed by atoms with van der Waals surface area (Å²) in [6.45, 7) is 3.82. The maximum absolute atomic E-state index is 15.0. The third-order valence-corrected chi connectivity index (χ3v) is 5.71. The van der Waals surface area contributed by atoms with E-state index in [0.29, 0.717) is 46.7 Å². The van der Waals surface area contributed by atoms with Gasteiger partial charge in [0.15, 0.2) is 17.4 Å². The molecule has 1 atom stereocenters. The predicted molar refractivity (Wildman–Crippen MR) is 104 cm³/mol. The SMILES string of the molecule is CC1(C)Cc2cc(Cl)cc(COc3c(F)cc4c(c3F)CCC4CC(=O)O)c2O1. The van der Waals surface area contributed by atoms with Crippen LogP contribution < -0.4 is 9.47 Å². The summed E-state index contributed by atoms with van der Waals surface area (Å²) in [5.74, 6) is -2.77. The summed E-state index contributed by atoms with van der Waals surface area (Å²) in [4.78, 5) is 11.0. The van der Waals surface area contributed by atoms with Crippen LogP contribution in [0.2, 0.25) is 5.02 Å². The maximum atomic E-state index is 15.0. The first-order chi connectivity index (χ1) is 13.6. The molecule has 1 unspecified atom stereocenters. The minimum atomic E-state index is -0.985. The number of aliphatic carboxylic acids is 1. The van der Waals surface area contributed by atoms with Gasteiger partial charge in [-0.25, -0.2) is 8.78 Å². The van der Waals surface area contributed by atoms with Crippen LogP contribution in [0, 0.1) is 11.6 Å². The van der Waals surface area contributed by atoms with Gasteiger partial charge >= 0.3 is 5.97 Å². The molecule has 0 fully saturated rings. The number of fused-ring (bicyclic) bond motifs is 2. The van der Waals surface area contributed by atoms with Gasteiger partial charge in [-0.05, 0) is 67.5 Å². The zero-order valence-corrected chi connectivity index (χ0v) is 16.9. The second-order valence-corrected chi connectivity index (χ2v) is 8.72. The normalized spacial score (nSPS) is 18.9. The van der Waals surface area contributed by atoms with Gasteiger partial charge in [0, 0.05) is 17.0 Å². The first kappa shape index (κ1) is 20.0. The Morgan fingerprint density at radius 2 is 2.10 bits per heavy atom. The van der Waals surface area contributed by atoms with Crippen LogP contribution in [0.1, 0.15) is 54.9 Å². The first-order valence-corrected chi connectivity index (χ1v) is 9.88. The van der Waals surface area contributed by atoms with E-state index in [1.807, 2.05) is 19.9 Å². The lowest BCUT2D eigenvalue weighted by Gasteiger charge is -2.19. The summed E-state index contributed by atoms with van der Waals surface area (Å²) in [5.41, 5.74) is 1.93. The van der Waals surface area contributed by atoms with Crippen LogP contribution in [0.25, 0.3) is 0 Å². The summed E-state index contributed by atoms with van der Waals surface area (Å²) < 4.78 is 41.1. The lowest BCUT2D eigenvalue weighted by atomic mass is 9.97. The maximum Gasteiger partial charge on any atom is 0.303 e. The Morgan fingerprint density at radius 3 is 2.83 bits per heavy atom. The van der Waals surface area contributed by atoms with Crippen molar-refractivity contribution in [1.82, 2.24) is 0 Å². The molecule has 0 radical (unpaired) electrons. The molecule has 1 N–H and O–H groups in total. The molecule has 2 aromatic rings. The molecule has 0 saturated heterocycles.